The quantitative estimate of drug-likeness (QED) is 0.176. The van der Waals surface area contributed by atoms with E-state index in [1.165, 1.54) is 0 Å². The van der Waals surface area contributed by atoms with Gasteiger partial charge in [0.2, 0.25) is 0 Å². The Labute approximate surface area is 299 Å². The fourth-order valence-corrected chi connectivity index (χ4v) is 6.93. The number of benzene rings is 7. The van der Waals surface area contributed by atoms with Gasteiger partial charge in [0.1, 0.15) is 16.9 Å². The van der Waals surface area contributed by atoms with Crippen LogP contribution in [0.4, 0.5) is 0 Å². The molecule has 0 spiro atoms. The summed E-state index contributed by atoms with van der Waals surface area (Å²) in [7, 11) is 0. The normalized spacial score (nSPS) is 11.5. The first-order chi connectivity index (χ1) is 25.7. The van der Waals surface area contributed by atoms with Crippen LogP contribution >= 0.6 is 0 Å². The summed E-state index contributed by atoms with van der Waals surface area (Å²) in [5.74, 6) is 1.87. The lowest BCUT2D eigenvalue weighted by atomic mass is 9.98. The predicted octanol–water partition coefficient (Wildman–Crippen LogP) is 11.4. The van der Waals surface area contributed by atoms with Crippen molar-refractivity contribution >= 4 is 32.8 Å². The van der Waals surface area contributed by atoms with E-state index < -0.39 is 0 Å². The molecule has 0 amide bonds. The molecule has 7 aromatic carbocycles. The third-order valence-electron chi connectivity index (χ3n) is 9.48. The smallest absolute Gasteiger partial charge is 0.164 e. The van der Waals surface area contributed by atoms with Gasteiger partial charge >= 0.3 is 0 Å². The van der Waals surface area contributed by atoms with Crippen LogP contribution in [0.1, 0.15) is 0 Å². The van der Waals surface area contributed by atoms with Gasteiger partial charge in [0.05, 0.1) is 11.2 Å². The van der Waals surface area contributed by atoms with E-state index >= 15 is 0 Å². The van der Waals surface area contributed by atoms with Crippen LogP contribution in [0.5, 0.6) is 0 Å². The van der Waals surface area contributed by atoms with E-state index in [0.29, 0.717) is 17.5 Å². The first kappa shape index (κ1) is 29.7. The largest absolute Gasteiger partial charge is 0.456 e. The minimum atomic E-state index is 0.606. The molecule has 0 aliphatic heterocycles. The highest BCUT2D eigenvalue weighted by Crippen LogP contribution is 2.37. The Balaban J connectivity index is 1.07. The molecular weight excluding hydrogens is 639 g/mol. The third-order valence-corrected chi connectivity index (χ3v) is 9.48. The molecule has 10 aromatic rings. The van der Waals surface area contributed by atoms with Crippen LogP contribution in [0, 0.1) is 0 Å². The Morgan fingerprint density at radius 1 is 0.365 bits per heavy atom. The molecule has 3 aromatic heterocycles. The number of aromatic nitrogens is 5. The number of hydrogen-bond donors (Lipinski definition) is 0. The van der Waals surface area contributed by atoms with Crippen molar-refractivity contribution in [3.8, 4) is 62.2 Å². The van der Waals surface area contributed by atoms with Crippen LogP contribution in [-0.4, -0.2) is 24.7 Å². The van der Waals surface area contributed by atoms with Crippen LogP contribution in [-0.2, 0) is 0 Å². The summed E-state index contributed by atoms with van der Waals surface area (Å²) in [4.78, 5) is 14.8. The van der Waals surface area contributed by atoms with Gasteiger partial charge in [0.25, 0.3) is 0 Å². The van der Waals surface area contributed by atoms with Gasteiger partial charge in [-0.3, -0.25) is 0 Å². The monoisotopic (exact) mass is 667 g/mol. The zero-order valence-electron chi connectivity index (χ0n) is 27.9. The molecule has 0 unspecified atom stereocenters. The lowest BCUT2D eigenvalue weighted by Crippen LogP contribution is -2.00. The van der Waals surface area contributed by atoms with Crippen molar-refractivity contribution in [3.63, 3.8) is 0 Å². The van der Waals surface area contributed by atoms with E-state index in [4.69, 9.17) is 24.5 Å². The molecule has 0 aliphatic rings. The van der Waals surface area contributed by atoms with Gasteiger partial charge in [-0.05, 0) is 65.7 Å². The van der Waals surface area contributed by atoms with Crippen LogP contribution < -0.4 is 0 Å². The number of fused-ring (bicyclic) bond motifs is 4. The predicted molar refractivity (Wildman–Crippen MR) is 209 cm³/mol. The fraction of sp³-hybridized carbons (Fsp3) is 0. The highest BCUT2D eigenvalue weighted by molar-refractivity contribution is 6.07. The van der Waals surface area contributed by atoms with Crippen LogP contribution in [0.2, 0.25) is 0 Å². The molecule has 244 valence electrons. The summed E-state index contributed by atoms with van der Waals surface area (Å²) in [5.41, 5.74) is 10.7. The van der Waals surface area contributed by atoms with Gasteiger partial charge in [-0.15, -0.1) is 0 Å². The lowest BCUT2D eigenvalue weighted by Gasteiger charge is -2.08. The minimum Gasteiger partial charge on any atom is -0.456 e. The summed E-state index contributed by atoms with van der Waals surface area (Å²) >= 11 is 0. The molecule has 0 atom stereocenters. The average Bonchev–Trinajstić information content (AvgIpc) is 3.80. The second kappa shape index (κ2) is 12.3. The van der Waals surface area contributed by atoms with Crippen molar-refractivity contribution < 1.29 is 4.42 Å². The molecule has 0 saturated heterocycles. The van der Waals surface area contributed by atoms with E-state index in [2.05, 4.69) is 84.9 Å². The number of nitrogens with zero attached hydrogens (tertiary/aromatic N) is 5. The van der Waals surface area contributed by atoms with Gasteiger partial charge < -0.3 is 4.42 Å². The van der Waals surface area contributed by atoms with Crippen LogP contribution in [0.3, 0.4) is 0 Å². The molecular formula is C46H29N5O. The van der Waals surface area contributed by atoms with Gasteiger partial charge in [0, 0.05) is 38.4 Å². The molecule has 52 heavy (non-hydrogen) atoms. The van der Waals surface area contributed by atoms with E-state index in [1.54, 1.807) is 0 Å². The molecule has 0 bridgehead atoms. The maximum absolute atomic E-state index is 6.34. The minimum absolute atomic E-state index is 0.606. The van der Waals surface area contributed by atoms with Crippen molar-refractivity contribution in [2.75, 3.05) is 0 Å². The van der Waals surface area contributed by atoms with E-state index in [9.17, 15) is 0 Å². The fourth-order valence-electron chi connectivity index (χ4n) is 6.93. The Morgan fingerprint density at radius 2 is 0.865 bits per heavy atom. The molecule has 10 rings (SSSR count). The maximum atomic E-state index is 6.34. The molecule has 0 aliphatic carbocycles. The first-order valence-electron chi connectivity index (χ1n) is 17.2. The van der Waals surface area contributed by atoms with E-state index in [1.807, 2.05) is 95.7 Å². The van der Waals surface area contributed by atoms with Gasteiger partial charge in [-0.2, -0.15) is 5.10 Å². The highest BCUT2D eigenvalue weighted by atomic mass is 16.3. The Bertz CT molecular complexity index is 2840. The summed E-state index contributed by atoms with van der Waals surface area (Å²) in [6.07, 6.45) is 0. The summed E-state index contributed by atoms with van der Waals surface area (Å²) in [5, 5.41) is 8.26. The van der Waals surface area contributed by atoms with Crippen LogP contribution in [0.15, 0.2) is 180 Å². The van der Waals surface area contributed by atoms with E-state index in [0.717, 1.165) is 77.6 Å². The molecule has 0 saturated carbocycles. The second-order valence-electron chi connectivity index (χ2n) is 12.8. The summed E-state index contributed by atoms with van der Waals surface area (Å²) in [6.45, 7) is 0. The van der Waals surface area contributed by atoms with Crippen LogP contribution in [0.25, 0.3) is 95.1 Å². The molecule has 0 radical (unpaired) electrons. The van der Waals surface area contributed by atoms with Gasteiger partial charge in [-0.25, -0.2) is 19.6 Å². The zero-order valence-corrected chi connectivity index (χ0v) is 27.9. The lowest BCUT2D eigenvalue weighted by molar-refractivity contribution is 0.669. The van der Waals surface area contributed by atoms with Gasteiger partial charge in [-0.1, -0.05) is 121 Å². The van der Waals surface area contributed by atoms with Crippen molar-refractivity contribution in [1.82, 2.24) is 24.7 Å². The molecule has 6 heteroatoms. The number of furan rings is 1. The standard InChI is InChI=1S/C46H29N5O/c1-4-13-30(14-5-1)44-47-45(31-15-6-2-7-16-31)49-46(48-44)35-24-26-42-39(29-35)38-28-33(23-25-41(38)52-42)32-17-12-18-34(27-32)43-37-21-10-11-22-40(37)51(50-43)36-19-8-3-9-20-36/h1-29H. The van der Waals surface area contributed by atoms with Crippen molar-refractivity contribution in [1.29, 1.82) is 0 Å². The van der Waals surface area contributed by atoms with E-state index in [-0.39, 0.29) is 0 Å². The average molecular weight is 668 g/mol. The number of hydrogen-bond acceptors (Lipinski definition) is 5. The number of para-hydroxylation sites is 2. The Morgan fingerprint density at radius 3 is 1.54 bits per heavy atom. The molecule has 0 fully saturated rings. The first-order valence-corrected chi connectivity index (χ1v) is 17.2. The Hall–Kier alpha value is -7.18. The van der Waals surface area contributed by atoms with Gasteiger partial charge in [0.15, 0.2) is 17.5 Å². The topological polar surface area (TPSA) is 69.6 Å². The van der Waals surface area contributed by atoms with Crippen molar-refractivity contribution in [3.05, 3.63) is 176 Å². The third kappa shape index (κ3) is 5.22. The maximum Gasteiger partial charge on any atom is 0.164 e. The molecule has 0 N–H and O–H groups in total. The highest BCUT2D eigenvalue weighted by Gasteiger charge is 2.17. The Kier molecular flexibility index (Phi) is 7.03. The number of rotatable bonds is 6. The second-order valence-corrected chi connectivity index (χ2v) is 12.8. The SMILES string of the molecule is c1ccc(-c2nc(-c3ccccc3)nc(-c3ccc4oc5ccc(-c6cccc(-c7nn(-c8ccccc8)c8ccccc78)c6)cc5c4c3)n2)cc1. The van der Waals surface area contributed by atoms with Crippen molar-refractivity contribution in [2.24, 2.45) is 0 Å². The summed E-state index contributed by atoms with van der Waals surface area (Å²) < 4.78 is 8.36. The summed E-state index contributed by atoms with van der Waals surface area (Å²) in [6, 6.07) is 59.9. The molecule has 6 nitrogen and oxygen atoms in total. The molecule has 3 heterocycles. The zero-order chi connectivity index (χ0) is 34.4. The van der Waals surface area contributed by atoms with Crippen molar-refractivity contribution in [2.45, 2.75) is 0 Å².